The molecule has 0 spiro atoms. The van der Waals surface area contributed by atoms with Gasteiger partial charge in [0, 0.05) is 37.9 Å². The van der Waals surface area contributed by atoms with E-state index in [9.17, 15) is 0 Å². The number of hydrogen-bond donors (Lipinski definition) is 1. The average Bonchev–Trinajstić information content (AvgIpc) is 2.32. The molecule has 0 unspecified atom stereocenters. The van der Waals surface area contributed by atoms with E-state index in [1.807, 2.05) is 26.0 Å². The smallest absolute Gasteiger partial charge is 0.140 e. The molecule has 17 heavy (non-hydrogen) atoms. The maximum atomic E-state index is 6.12. The molecule has 0 radical (unpaired) electrons. The second kappa shape index (κ2) is 5.61. The fourth-order valence-corrected chi connectivity index (χ4v) is 2.12. The van der Waals surface area contributed by atoms with Gasteiger partial charge in [0.05, 0.1) is 11.1 Å². The Hall–Kier alpha value is -0.930. The number of rotatable bonds is 3. The van der Waals surface area contributed by atoms with Gasteiger partial charge < -0.3 is 15.0 Å². The summed E-state index contributed by atoms with van der Waals surface area (Å²) in [6, 6.07) is 6.01. The molecular weight excluding hydrogens is 236 g/mol. The number of piperazine rings is 1. The quantitative estimate of drug-likeness (QED) is 0.897. The molecule has 0 saturated carbocycles. The van der Waals surface area contributed by atoms with Crippen molar-refractivity contribution in [3.05, 3.63) is 23.2 Å². The Balaban J connectivity index is 2.17. The maximum absolute atomic E-state index is 6.12. The SMILES string of the molecule is CC(C)Oc1cc(N2CCNCC2)ccc1Cl. The summed E-state index contributed by atoms with van der Waals surface area (Å²) in [5.41, 5.74) is 1.19. The summed E-state index contributed by atoms with van der Waals surface area (Å²) in [4.78, 5) is 2.35. The average molecular weight is 255 g/mol. The number of anilines is 1. The highest BCUT2D eigenvalue weighted by Crippen LogP contribution is 2.30. The van der Waals surface area contributed by atoms with Gasteiger partial charge in [-0.05, 0) is 26.0 Å². The van der Waals surface area contributed by atoms with Crippen molar-refractivity contribution < 1.29 is 4.74 Å². The largest absolute Gasteiger partial charge is 0.489 e. The molecule has 94 valence electrons. The van der Waals surface area contributed by atoms with Crippen LogP contribution in [0.25, 0.3) is 0 Å². The van der Waals surface area contributed by atoms with E-state index in [1.165, 1.54) is 5.69 Å². The minimum atomic E-state index is 0.144. The van der Waals surface area contributed by atoms with Crippen LogP contribution in [-0.4, -0.2) is 32.3 Å². The molecular formula is C13H19ClN2O. The topological polar surface area (TPSA) is 24.5 Å². The van der Waals surface area contributed by atoms with Crippen LogP contribution < -0.4 is 15.0 Å². The van der Waals surface area contributed by atoms with Gasteiger partial charge in [-0.15, -0.1) is 0 Å². The van der Waals surface area contributed by atoms with E-state index in [4.69, 9.17) is 16.3 Å². The van der Waals surface area contributed by atoms with Crippen LogP contribution >= 0.6 is 11.6 Å². The van der Waals surface area contributed by atoms with Gasteiger partial charge in [0.1, 0.15) is 5.75 Å². The minimum Gasteiger partial charge on any atom is -0.489 e. The molecule has 4 heteroatoms. The molecule has 0 aromatic heterocycles. The number of ether oxygens (including phenoxy) is 1. The van der Waals surface area contributed by atoms with Gasteiger partial charge in [-0.3, -0.25) is 0 Å². The van der Waals surface area contributed by atoms with Crippen molar-refractivity contribution in [3.63, 3.8) is 0 Å². The first-order valence-corrected chi connectivity index (χ1v) is 6.46. The molecule has 3 nitrogen and oxygen atoms in total. The third kappa shape index (κ3) is 3.27. The molecule has 2 rings (SSSR count). The Morgan fingerprint density at radius 1 is 1.29 bits per heavy atom. The van der Waals surface area contributed by atoms with Crippen molar-refractivity contribution in [2.24, 2.45) is 0 Å². The highest BCUT2D eigenvalue weighted by molar-refractivity contribution is 6.32. The zero-order valence-corrected chi connectivity index (χ0v) is 11.1. The van der Waals surface area contributed by atoms with Crippen molar-refractivity contribution in [1.82, 2.24) is 5.32 Å². The molecule has 0 aliphatic carbocycles. The number of nitrogens with one attached hydrogen (secondary N) is 1. The van der Waals surface area contributed by atoms with E-state index in [0.717, 1.165) is 31.9 Å². The Bertz CT molecular complexity index is 376. The molecule has 1 aliphatic heterocycles. The Morgan fingerprint density at radius 2 is 2.00 bits per heavy atom. The standard InChI is InChI=1S/C13H19ClN2O/c1-10(2)17-13-9-11(3-4-12(13)14)16-7-5-15-6-8-16/h3-4,9-10,15H,5-8H2,1-2H3. The van der Waals surface area contributed by atoms with Gasteiger partial charge in [0.25, 0.3) is 0 Å². The van der Waals surface area contributed by atoms with Gasteiger partial charge in [-0.2, -0.15) is 0 Å². The number of benzene rings is 1. The molecule has 1 aliphatic rings. The van der Waals surface area contributed by atoms with Crippen LogP contribution in [-0.2, 0) is 0 Å². The number of hydrogen-bond acceptors (Lipinski definition) is 3. The van der Waals surface area contributed by atoms with E-state index < -0.39 is 0 Å². The summed E-state index contributed by atoms with van der Waals surface area (Å²) in [5, 5.41) is 4.02. The third-order valence-corrected chi connectivity index (χ3v) is 3.07. The lowest BCUT2D eigenvalue weighted by atomic mass is 10.2. The van der Waals surface area contributed by atoms with Crippen molar-refractivity contribution >= 4 is 17.3 Å². The lowest BCUT2D eigenvalue weighted by Gasteiger charge is -2.30. The van der Waals surface area contributed by atoms with Crippen molar-refractivity contribution in [1.29, 1.82) is 0 Å². The highest BCUT2D eigenvalue weighted by Gasteiger charge is 2.13. The molecule has 1 fully saturated rings. The van der Waals surface area contributed by atoms with Gasteiger partial charge in [0.2, 0.25) is 0 Å². The lowest BCUT2D eigenvalue weighted by molar-refractivity contribution is 0.242. The second-order valence-corrected chi connectivity index (χ2v) is 4.93. The summed E-state index contributed by atoms with van der Waals surface area (Å²) in [6.45, 7) is 8.14. The lowest BCUT2D eigenvalue weighted by Crippen LogP contribution is -2.43. The highest BCUT2D eigenvalue weighted by atomic mass is 35.5. The summed E-state index contributed by atoms with van der Waals surface area (Å²) >= 11 is 6.12. The van der Waals surface area contributed by atoms with Gasteiger partial charge in [-0.25, -0.2) is 0 Å². The van der Waals surface area contributed by atoms with Crippen LogP contribution in [0.3, 0.4) is 0 Å². The molecule has 1 saturated heterocycles. The monoisotopic (exact) mass is 254 g/mol. The fourth-order valence-electron chi connectivity index (χ4n) is 1.96. The summed E-state index contributed by atoms with van der Waals surface area (Å²) in [7, 11) is 0. The molecule has 1 heterocycles. The first kappa shape index (κ1) is 12.5. The van der Waals surface area contributed by atoms with E-state index in [1.54, 1.807) is 0 Å². The fraction of sp³-hybridized carbons (Fsp3) is 0.538. The zero-order chi connectivity index (χ0) is 12.3. The Morgan fingerprint density at radius 3 is 2.65 bits per heavy atom. The molecule has 0 atom stereocenters. The normalized spacial score (nSPS) is 16.4. The van der Waals surface area contributed by atoms with Crippen molar-refractivity contribution in [2.75, 3.05) is 31.1 Å². The predicted molar refractivity (Wildman–Crippen MR) is 72.3 cm³/mol. The first-order valence-electron chi connectivity index (χ1n) is 6.08. The Kier molecular flexibility index (Phi) is 4.13. The summed E-state index contributed by atoms with van der Waals surface area (Å²) in [6.07, 6.45) is 0.144. The molecule has 1 aromatic carbocycles. The maximum Gasteiger partial charge on any atom is 0.140 e. The zero-order valence-electron chi connectivity index (χ0n) is 10.4. The minimum absolute atomic E-state index is 0.144. The molecule has 1 N–H and O–H groups in total. The van der Waals surface area contributed by atoms with E-state index >= 15 is 0 Å². The van der Waals surface area contributed by atoms with Crippen LogP contribution in [0.1, 0.15) is 13.8 Å². The van der Waals surface area contributed by atoms with Crippen LogP contribution in [0, 0.1) is 0 Å². The molecule has 0 amide bonds. The number of halogens is 1. The second-order valence-electron chi connectivity index (χ2n) is 4.52. The van der Waals surface area contributed by atoms with E-state index in [0.29, 0.717) is 5.02 Å². The summed E-state index contributed by atoms with van der Waals surface area (Å²) < 4.78 is 5.70. The predicted octanol–water partition coefficient (Wildman–Crippen LogP) is 2.54. The van der Waals surface area contributed by atoms with Gasteiger partial charge in [0.15, 0.2) is 0 Å². The van der Waals surface area contributed by atoms with Crippen LogP contribution in [0.5, 0.6) is 5.75 Å². The van der Waals surface area contributed by atoms with Crippen LogP contribution in [0.4, 0.5) is 5.69 Å². The molecule has 1 aromatic rings. The van der Waals surface area contributed by atoms with Crippen LogP contribution in [0.2, 0.25) is 5.02 Å². The van der Waals surface area contributed by atoms with Gasteiger partial charge >= 0.3 is 0 Å². The Labute approximate surface area is 108 Å². The van der Waals surface area contributed by atoms with Gasteiger partial charge in [-0.1, -0.05) is 11.6 Å². The van der Waals surface area contributed by atoms with E-state index in [-0.39, 0.29) is 6.10 Å². The third-order valence-electron chi connectivity index (χ3n) is 2.76. The number of nitrogens with zero attached hydrogens (tertiary/aromatic N) is 1. The summed E-state index contributed by atoms with van der Waals surface area (Å²) in [5.74, 6) is 0.776. The van der Waals surface area contributed by atoms with Crippen LogP contribution in [0.15, 0.2) is 18.2 Å². The van der Waals surface area contributed by atoms with Crippen molar-refractivity contribution in [3.8, 4) is 5.75 Å². The first-order chi connectivity index (χ1) is 8.16. The van der Waals surface area contributed by atoms with Crippen molar-refractivity contribution in [2.45, 2.75) is 20.0 Å². The van der Waals surface area contributed by atoms with E-state index in [2.05, 4.69) is 16.3 Å². The molecule has 0 bridgehead atoms.